The molecule has 0 fully saturated rings. The van der Waals surface area contributed by atoms with E-state index in [1.54, 1.807) is 0 Å². The third kappa shape index (κ3) is 48.3. The predicted molar refractivity (Wildman–Crippen MR) is 274 cm³/mol. The summed E-state index contributed by atoms with van der Waals surface area (Å²) in [6.45, 7) is 6.22. The summed E-state index contributed by atoms with van der Waals surface area (Å²) in [6, 6.07) is 0. The Balaban J connectivity index is 4.64. The van der Waals surface area contributed by atoms with Gasteiger partial charge in [-0.25, -0.2) is 0 Å². The van der Waals surface area contributed by atoms with Gasteiger partial charge in [0.15, 0.2) is 6.10 Å². The van der Waals surface area contributed by atoms with Gasteiger partial charge in [0.25, 0.3) is 0 Å². The highest BCUT2D eigenvalue weighted by atomic mass is 16.6. The van der Waals surface area contributed by atoms with Crippen LogP contribution in [0.15, 0.2) is 146 Å². The molecule has 0 aliphatic heterocycles. The maximum atomic E-state index is 12.8. The fraction of sp³-hybridized carbons (Fsp3) is 0.534. The molecule has 0 aliphatic rings. The first-order valence-electron chi connectivity index (χ1n) is 24.9. The Hall–Kier alpha value is -4.71. The van der Waals surface area contributed by atoms with Crippen LogP contribution < -0.4 is 0 Å². The fourth-order valence-corrected chi connectivity index (χ4v) is 6.03. The molecule has 0 amide bonds. The Bertz CT molecular complexity index is 1480. The maximum Gasteiger partial charge on any atom is 0.306 e. The van der Waals surface area contributed by atoms with Crippen molar-refractivity contribution in [1.29, 1.82) is 0 Å². The second kappa shape index (κ2) is 50.9. The summed E-state index contributed by atoms with van der Waals surface area (Å²) < 4.78 is 16.6. The number of carbonyl (C=O) groups is 3. The number of esters is 3. The Morgan fingerprint density at radius 1 is 0.344 bits per heavy atom. The standard InChI is InChI=1S/C58H88O6/c1-4-7-10-13-16-19-22-25-27-29-31-33-36-39-42-45-48-51-57(60)63-54-55(53-62-56(59)50-47-44-41-38-35-24-21-18-15-12-9-6-3)64-58(61)52-49-46-43-40-37-34-32-30-28-26-23-20-17-14-11-8-5-2/h7,9-10,12-13,16,18-19,21-22,25-29,31-36,38,40,43,55H,4-6,8,11,14-15,17,20,23-24,30,37,39,41-42,44-54H2,1-3H3/b10-7-,12-9-,16-13-,21-18-,22-19-,27-25-,28-26-,31-29+,34-32-,36-33-,38-35-,43-40-. The molecule has 0 aliphatic carbocycles. The minimum Gasteiger partial charge on any atom is -0.462 e. The van der Waals surface area contributed by atoms with Gasteiger partial charge >= 0.3 is 17.9 Å². The molecule has 356 valence electrons. The number of allylic oxidation sites excluding steroid dienone is 24. The first-order chi connectivity index (χ1) is 31.5. The summed E-state index contributed by atoms with van der Waals surface area (Å²) in [7, 11) is 0. The number of ether oxygens (including phenoxy) is 3. The lowest BCUT2D eigenvalue weighted by molar-refractivity contribution is -0.167. The summed E-state index contributed by atoms with van der Waals surface area (Å²) in [5.41, 5.74) is 0. The van der Waals surface area contributed by atoms with Gasteiger partial charge in [-0.1, -0.05) is 205 Å². The van der Waals surface area contributed by atoms with Crippen molar-refractivity contribution in [3.8, 4) is 0 Å². The van der Waals surface area contributed by atoms with E-state index in [1.165, 1.54) is 44.9 Å². The predicted octanol–water partition coefficient (Wildman–Crippen LogP) is 16.5. The van der Waals surface area contributed by atoms with Gasteiger partial charge in [-0.15, -0.1) is 0 Å². The van der Waals surface area contributed by atoms with Gasteiger partial charge in [0.2, 0.25) is 0 Å². The van der Waals surface area contributed by atoms with Crippen molar-refractivity contribution < 1.29 is 28.6 Å². The summed E-state index contributed by atoms with van der Waals surface area (Å²) in [4.78, 5) is 37.9. The number of unbranched alkanes of at least 4 members (excludes halogenated alkanes) is 12. The first kappa shape index (κ1) is 59.3. The maximum absolute atomic E-state index is 12.8. The zero-order chi connectivity index (χ0) is 46.5. The van der Waals surface area contributed by atoms with E-state index in [-0.39, 0.29) is 44.4 Å². The van der Waals surface area contributed by atoms with E-state index in [2.05, 4.69) is 106 Å². The minimum atomic E-state index is -0.844. The van der Waals surface area contributed by atoms with Gasteiger partial charge in [0, 0.05) is 19.3 Å². The average Bonchev–Trinajstić information content (AvgIpc) is 3.29. The van der Waals surface area contributed by atoms with E-state index in [9.17, 15) is 14.4 Å². The van der Waals surface area contributed by atoms with Crippen LogP contribution in [0.5, 0.6) is 0 Å². The molecule has 0 aromatic heterocycles. The molecule has 6 heteroatoms. The molecule has 6 nitrogen and oxygen atoms in total. The smallest absolute Gasteiger partial charge is 0.306 e. The summed E-state index contributed by atoms with van der Waals surface area (Å²) in [6.07, 6.45) is 72.7. The lowest BCUT2D eigenvalue weighted by atomic mass is 10.1. The fourth-order valence-electron chi connectivity index (χ4n) is 6.03. The molecule has 0 radical (unpaired) electrons. The number of carbonyl (C=O) groups excluding carboxylic acids is 3. The molecule has 0 spiro atoms. The highest BCUT2D eigenvalue weighted by molar-refractivity contribution is 5.71. The number of hydrogen-bond donors (Lipinski definition) is 0. The Labute approximate surface area is 391 Å². The van der Waals surface area contributed by atoms with Crippen LogP contribution in [0.25, 0.3) is 0 Å². The zero-order valence-corrected chi connectivity index (χ0v) is 40.5. The molecule has 0 heterocycles. The molecule has 0 aromatic rings. The second-order valence-corrected chi connectivity index (χ2v) is 15.8. The minimum absolute atomic E-state index is 0.139. The van der Waals surface area contributed by atoms with Gasteiger partial charge in [-0.2, -0.15) is 0 Å². The molecule has 64 heavy (non-hydrogen) atoms. The van der Waals surface area contributed by atoms with E-state index in [0.717, 1.165) is 77.0 Å². The van der Waals surface area contributed by atoms with E-state index in [4.69, 9.17) is 14.2 Å². The molecule has 1 atom stereocenters. The lowest BCUT2D eigenvalue weighted by Crippen LogP contribution is -2.30. The summed E-state index contributed by atoms with van der Waals surface area (Å²) in [5, 5.41) is 0. The highest BCUT2D eigenvalue weighted by Crippen LogP contribution is 2.10. The molecule has 0 saturated heterocycles. The van der Waals surface area contributed by atoms with Crippen LogP contribution in [0, 0.1) is 0 Å². The van der Waals surface area contributed by atoms with Crippen LogP contribution in [0.4, 0.5) is 0 Å². The average molecular weight is 881 g/mol. The summed E-state index contributed by atoms with van der Waals surface area (Å²) >= 11 is 0. The van der Waals surface area contributed by atoms with Gasteiger partial charge in [0.05, 0.1) is 0 Å². The Morgan fingerprint density at radius 3 is 1.22 bits per heavy atom. The molecular formula is C58H88O6. The highest BCUT2D eigenvalue weighted by Gasteiger charge is 2.19. The molecule has 0 bridgehead atoms. The van der Waals surface area contributed by atoms with Gasteiger partial charge in [-0.3, -0.25) is 14.4 Å². The van der Waals surface area contributed by atoms with Gasteiger partial charge < -0.3 is 14.2 Å². The van der Waals surface area contributed by atoms with E-state index >= 15 is 0 Å². The SMILES string of the molecule is CC\C=C/C=C\C=C/C=C\C=C\C=C/CCCCCC(=O)OCC(COC(=O)CCCC/C=C\C/C=C\C/C=C\CC)OC(=O)CCC/C=C\C/C=C\C/C=C\CCCCCCCC. The van der Waals surface area contributed by atoms with Crippen molar-refractivity contribution in [2.75, 3.05) is 13.2 Å². The van der Waals surface area contributed by atoms with Crippen LogP contribution in [0.3, 0.4) is 0 Å². The largest absolute Gasteiger partial charge is 0.462 e. The van der Waals surface area contributed by atoms with Gasteiger partial charge in [-0.05, 0) is 103 Å². The topological polar surface area (TPSA) is 78.9 Å². The van der Waals surface area contributed by atoms with Crippen LogP contribution in [-0.2, 0) is 28.6 Å². The van der Waals surface area contributed by atoms with Crippen LogP contribution in [-0.4, -0.2) is 37.2 Å². The van der Waals surface area contributed by atoms with E-state index in [1.807, 2.05) is 60.8 Å². The van der Waals surface area contributed by atoms with Crippen LogP contribution in [0.1, 0.15) is 181 Å². The van der Waals surface area contributed by atoms with Crippen molar-refractivity contribution in [3.63, 3.8) is 0 Å². The first-order valence-corrected chi connectivity index (χ1v) is 24.9. The number of rotatable bonds is 42. The third-order valence-corrected chi connectivity index (χ3v) is 9.72. The molecule has 0 saturated carbocycles. The monoisotopic (exact) mass is 881 g/mol. The Morgan fingerprint density at radius 2 is 0.703 bits per heavy atom. The van der Waals surface area contributed by atoms with Crippen molar-refractivity contribution in [1.82, 2.24) is 0 Å². The molecule has 1 unspecified atom stereocenters. The van der Waals surface area contributed by atoms with Crippen LogP contribution in [0.2, 0.25) is 0 Å². The quantitative estimate of drug-likeness (QED) is 0.0200. The zero-order valence-electron chi connectivity index (χ0n) is 40.5. The Kier molecular flexibility index (Phi) is 47.2. The normalized spacial score (nSPS) is 13.4. The molecule has 0 rings (SSSR count). The second-order valence-electron chi connectivity index (χ2n) is 15.8. The van der Waals surface area contributed by atoms with Crippen molar-refractivity contribution in [2.45, 2.75) is 187 Å². The lowest BCUT2D eigenvalue weighted by Gasteiger charge is -2.18. The van der Waals surface area contributed by atoms with Crippen molar-refractivity contribution in [2.24, 2.45) is 0 Å². The van der Waals surface area contributed by atoms with Crippen molar-refractivity contribution >= 4 is 17.9 Å². The van der Waals surface area contributed by atoms with E-state index < -0.39 is 12.1 Å². The third-order valence-electron chi connectivity index (χ3n) is 9.72. The molecule has 0 N–H and O–H groups in total. The molecular weight excluding hydrogens is 793 g/mol. The summed E-state index contributed by atoms with van der Waals surface area (Å²) in [5.74, 6) is -1.09. The number of hydrogen-bond acceptors (Lipinski definition) is 6. The van der Waals surface area contributed by atoms with Gasteiger partial charge in [0.1, 0.15) is 13.2 Å². The van der Waals surface area contributed by atoms with Crippen molar-refractivity contribution in [3.05, 3.63) is 146 Å². The van der Waals surface area contributed by atoms with Crippen LogP contribution >= 0.6 is 0 Å². The molecule has 0 aromatic carbocycles. The van der Waals surface area contributed by atoms with E-state index in [0.29, 0.717) is 19.3 Å².